The lowest BCUT2D eigenvalue weighted by atomic mass is 10.1. The summed E-state index contributed by atoms with van der Waals surface area (Å²) in [6, 6.07) is 2.57. The maximum Gasteiger partial charge on any atom is 0.138 e. The molecule has 84 valence electrons. The normalized spacial score (nSPS) is 21.1. The lowest BCUT2D eigenvalue weighted by molar-refractivity contribution is 0.479. The van der Waals surface area contributed by atoms with E-state index in [0.29, 0.717) is 6.04 Å². The van der Waals surface area contributed by atoms with Crippen LogP contribution in [0.3, 0.4) is 0 Å². The quantitative estimate of drug-likeness (QED) is 0.832. The summed E-state index contributed by atoms with van der Waals surface area (Å²) in [6.45, 7) is 2.16. The van der Waals surface area contributed by atoms with E-state index in [4.69, 9.17) is 0 Å². The fraction of sp³-hybridized carbons (Fsp3) is 0.455. The third-order valence-corrected chi connectivity index (χ3v) is 3.72. The van der Waals surface area contributed by atoms with Crippen molar-refractivity contribution >= 4 is 27.4 Å². The first-order valence-electron chi connectivity index (χ1n) is 5.59. The molecule has 5 heteroatoms. The van der Waals surface area contributed by atoms with Crippen molar-refractivity contribution in [2.24, 2.45) is 0 Å². The van der Waals surface area contributed by atoms with Gasteiger partial charge in [0.1, 0.15) is 17.0 Å². The SMILES string of the molecule is c1nc(N[C@H]2CCCNC2)c2ccsc2n1. The fourth-order valence-electron chi connectivity index (χ4n) is 2.07. The number of hydrogen-bond acceptors (Lipinski definition) is 5. The molecule has 1 atom stereocenters. The Morgan fingerprint density at radius 3 is 3.31 bits per heavy atom. The second-order valence-electron chi connectivity index (χ2n) is 4.05. The molecule has 0 spiro atoms. The summed E-state index contributed by atoms with van der Waals surface area (Å²) >= 11 is 1.66. The molecule has 0 aliphatic carbocycles. The summed E-state index contributed by atoms with van der Waals surface area (Å²) < 4.78 is 0. The first-order valence-corrected chi connectivity index (χ1v) is 6.47. The minimum absolute atomic E-state index is 0.492. The van der Waals surface area contributed by atoms with Crippen LogP contribution in [0.15, 0.2) is 17.8 Å². The van der Waals surface area contributed by atoms with E-state index >= 15 is 0 Å². The molecule has 0 radical (unpaired) electrons. The third kappa shape index (κ3) is 1.88. The maximum atomic E-state index is 4.33. The van der Waals surface area contributed by atoms with E-state index in [9.17, 15) is 0 Å². The molecule has 0 unspecified atom stereocenters. The van der Waals surface area contributed by atoms with Gasteiger partial charge in [0.05, 0.1) is 5.39 Å². The standard InChI is InChI=1S/C11H14N4S/c1-2-8(6-12-4-1)15-10-9-3-5-16-11(9)14-7-13-10/h3,5,7-8,12H,1-2,4,6H2,(H,13,14,15)/t8-/m0/s1. The van der Waals surface area contributed by atoms with Gasteiger partial charge in [0.15, 0.2) is 0 Å². The van der Waals surface area contributed by atoms with Crippen LogP contribution in [0.5, 0.6) is 0 Å². The van der Waals surface area contributed by atoms with Gasteiger partial charge in [-0.05, 0) is 30.8 Å². The van der Waals surface area contributed by atoms with Crippen LogP contribution in [0, 0.1) is 0 Å². The van der Waals surface area contributed by atoms with Gasteiger partial charge in [-0.3, -0.25) is 0 Å². The molecule has 2 N–H and O–H groups in total. The Hall–Kier alpha value is -1.20. The van der Waals surface area contributed by atoms with Crippen LogP contribution in [-0.4, -0.2) is 29.1 Å². The van der Waals surface area contributed by atoms with Gasteiger partial charge in [-0.1, -0.05) is 0 Å². The number of rotatable bonds is 2. The molecule has 3 heterocycles. The van der Waals surface area contributed by atoms with Crippen LogP contribution >= 0.6 is 11.3 Å². The van der Waals surface area contributed by atoms with Crippen molar-refractivity contribution in [1.82, 2.24) is 15.3 Å². The minimum atomic E-state index is 0.492. The van der Waals surface area contributed by atoms with Crippen LogP contribution in [-0.2, 0) is 0 Å². The van der Waals surface area contributed by atoms with Crippen molar-refractivity contribution < 1.29 is 0 Å². The molecule has 0 aromatic carbocycles. The number of piperidine rings is 1. The Morgan fingerprint density at radius 2 is 2.44 bits per heavy atom. The first-order chi connectivity index (χ1) is 7.93. The molecule has 3 rings (SSSR count). The van der Waals surface area contributed by atoms with Crippen molar-refractivity contribution in [3.05, 3.63) is 17.8 Å². The van der Waals surface area contributed by atoms with Gasteiger partial charge in [0, 0.05) is 12.6 Å². The van der Waals surface area contributed by atoms with Gasteiger partial charge >= 0.3 is 0 Å². The number of nitrogens with zero attached hydrogens (tertiary/aromatic N) is 2. The molecule has 4 nitrogen and oxygen atoms in total. The predicted molar refractivity (Wildman–Crippen MR) is 66.9 cm³/mol. The Balaban J connectivity index is 1.85. The summed E-state index contributed by atoms with van der Waals surface area (Å²) in [4.78, 5) is 9.63. The number of thiophene rings is 1. The van der Waals surface area contributed by atoms with Gasteiger partial charge in [-0.2, -0.15) is 0 Å². The highest BCUT2D eigenvalue weighted by molar-refractivity contribution is 7.16. The molecule has 0 saturated carbocycles. The van der Waals surface area contributed by atoms with Crippen LogP contribution in [0.2, 0.25) is 0 Å². The Morgan fingerprint density at radius 1 is 1.44 bits per heavy atom. The van der Waals surface area contributed by atoms with E-state index in [2.05, 4.69) is 32.0 Å². The zero-order valence-corrected chi connectivity index (χ0v) is 9.76. The number of hydrogen-bond donors (Lipinski definition) is 2. The average Bonchev–Trinajstić information content (AvgIpc) is 2.80. The van der Waals surface area contributed by atoms with Gasteiger partial charge in [0.2, 0.25) is 0 Å². The van der Waals surface area contributed by atoms with Crippen LogP contribution < -0.4 is 10.6 Å². The van der Waals surface area contributed by atoms with Gasteiger partial charge in [0.25, 0.3) is 0 Å². The number of anilines is 1. The molecule has 2 aromatic heterocycles. The van der Waals surface area contributed by atoms with Crippen molar-refractivity contribution in [3.8, 4) is 0 Å². The molecule has 2 aromatic rings. The lowest BCUT2D eigenvalue weighted by Crippen LogP contribution is -2.38. The molecule has 1 fully saturated rings. The van der Waals surface area contributed by atoms with E-state index in [-0.39, 0.29) is 0 Å². The zero-order chi connectivity index (χ0) is 10.8. The number of nitrogens with one attached hydrogen (secondary N) is 2. The number of fused-ring (bicyclic) bond motifs is 1. The highest BCUT2D eigenvalue weighted by atomic mass is 32.1. The van der Waals surface area contributed by atoms with Gasteiger partial charge in [-0.15, -0.1) is 11.3 Å². The maximum absolute atomic E-state index is 4.33. The summed E-state index contributed by atoms with van der Waals surface area (Å²) in [5, 5.41) is 10.1. The van der Waals surface area contributed by atoms with Crippen LogP contribution in [0.4, 0.5) is 5.82 Å². The monoisotopic (exact) mass is 234 g/mol. The minimum Gasteiger partial charge on any atom is -0.365 e. The second kappa shape index (κ2) is 4.35. The van der Waals surface area contributed by atoms with Crippen molar-refractivity contribution in [2.75, 3.05) is 18.4 Å². The van der Waals surface area contributed by atoms with E-state index < -0.39 is 0 Å². The van der Waals surface area contributed by atoms with E-state index in [1.165, 1.54) is 12.8 Å². The molecule has 0 bridgehead atoms. The molecular weight excluding hydrogens is 220 g/mol. The Labute approximate surface area is 98.1 Å². The summed E-state index contributed by atoms with van der Waals surface area (Å²) in [5.74, 6) is 0.972. The summed E-state index contributed by atoms with van der Waals surface area (Å²) in [6.07, 6.45) is 4.08. The van der Waals surface area contributed by atoms with Crippen molar-refractivity contribution in [3.63, 3.8) is 0 Å². The van der Waals surface area contributed by atoms with Gasteiger partial charge in [-0.25, -0.2) is 9.97 Å². The molecule has 1 aliphatic rings. The third-order valence-electron chi connectivity index (χ3n) is 2.90. The second-order valence-corrected chi connectivity index (χ2v) is 4.94. The molecule has 1 saturated heterocycles. The summed E-state index contributed by atoms with van der Waals surface area (Å²) in [5.41, 5.74) is 0. The number of aromatic nitrogens is 2. The first kappa shape index (κ1) is 9.99. The topological polar surface area (TPSA) is 49.8 Å². The molecule has 1 aliphatic heterocycles. The highest BCUT2D eigenvalue weighted by Crippen LogP contribution is 2.24. The largest absolute Gasteiger partial charge is 0.365 e. The lowest BCUT2D eigenvalue weighted by Gasteiger charge is -2.24. The fourth-order valence-corrected chi connectivity index (χ4v) is 2.81. The van der Waals surface area contributed by atoms with Crippen LogP contribution in [0.25, 0.3) is 10.2 Å². The Bertz CT molecular complexity index is 476. The van der Waals surface area contributed by atoms with E-state index in [1.807, 2.05) is 0 Å². The van der Waals surface area contributed by atoms with Crippen LogP contribution in [0.1, 0.15) is 12.8 Å². The van der Waals surface area contributed by atoms with Gasteiger partial charge < -0.3 is 10.6 Å². The smallest absolute Gasteiger partial charge is 0.138 e. The van der Waals surface area contributed by atoms with Crippen molar-refractivity contribution in [2.45, 2.75) is 18.9 Å². The van der Waals surface area contributed by atoms with Crippen molar-refractivity contribution in [1.29, 1.82) is 0 Å². The molecule has 16 heavy (non-hydrogen) atoms. The zero-order valence-electron chi connectivity index (χ0n) is 8.94. The predicted octanol–water partition coefficient (Wildman–Crippen LogP) is 1.86. The summed E-state index contributed by atoms with van der Waals surface area (Å²) in [7, 11) is 0. The molecule has 0 amide bonds. The average molecular weight is 234 g/mol. The highest BCUT2D eigenvalue weighted by Gasteiger charge is 2.14. The Kier molecular flexibility index (Phi) is 2.71. The van der Waals surface area contributed by atoms with E-state index in [0.717, 1.165) is 29.1 Å². The molecular formula is C11H14N4S. The van der Waals surface area contributed by atoms with E-state index in [1.54, 1.807) is 17.7 Å².